The molecule has 6 nitrogen and oxygen atoms in total. The Morgan fingerprint density at radius 1 is 1.07 bits per heavy atom. The molecular formula is C21H32N6. The highest BCUT2D eigenvalue weighted by Gasteiger charge is 2.10. The molecule has 1 aromatic carbocycles. The number of aryl methyl sites for hydroxylation is 1. The first kappa shape index (κ1) is 19.4. The van der Waals surface area contributed by atoms with Crippen molar-refractivity contribution in [2.24, 2.45) is 4.99 Å². The van der Waals surface area contributed by atoms with Gasteiger partial charge < -0.3 is 10.6 Å². The quantitative estimate of drug-likeness (QED) is 0.427. The molecule has 0 unspecified atom stereocenters. The molecule has 0 amide bonds. The van der Waals surface area contributed by atoms with E-state index in [0.29, 0.717) is 0 Å². The van der Waals surface area contributed by atoms with E-state index in [9.17, 15) is 0 Å². The molecular weight excluding hydrogens is 336 g/mol. The lowest BCUT2D eigenvalue weighted by Crippen LogP contribution is -2.37. The van der Waals surface area contributed by atoms with Crippen molar-refractivity contribution in [3.8, 4) is 0 Å². The van der Waals surface area contributed by atoms with Crippen molar-refractivity contribution in [3.63, 3.8) is 0 Å². The first-order chi connectivity index (χ1) is 13.3. The van der Waals surface area contributed by atoms with Gasteiger partial charge in [-0.05, 0) is 49.5 Å². The molecule has 0 radical (unpaired) electrons. The topological polar surface area (TPSA) is 57.5 Å². The van der Waals surface area contributed by atoms with Gasteiger partial charge in [-0.1, -0.05) is 30.7 Å². The number of likely N-dealkylation sites (tertiary alicyclic amines) is 1. The molecule has 1 fully saturated rings. The molecule has 2 heterocycles. The number of rotatable bonds is 8. The van der Waals surface area contributed by atoms with Crippen LogP contribution < -0.4 is 10.6 Å². The maximum absolute atomic E-state index is 4.30. The van der Waals surface area contributed by atoms with E-state index in [4.69, 9.17) is 0 Å². The Hall–Kier alpha value is -2.34. The fourth-order valence-corrected chi connectivity index (χ4v) is 3.43. The summed E-state index contributed by atoms with van der Waals surface area (Å²) in [5.74, 6) is 0.841. The maximum atomic E-state index is 4.30. The molecule has 0 aliphatic carbocycles. The fraction of sp³-hybridized carbons (Fsp3) is 0.524. The van der Waals surface area contributed by atoms with Crippen LogP contribution >= 0.6 is 0 Å². The minimum absolute atomic E-state index is 0.781. The number of aromatic nitrogens is 2. The number of aliphatic imine (C=N–C) groups is 1. The van der Waals surface area contributed by atoms with Crippen molar-refractivity contribution in [1.82, 2.24) is 25.3 Å². The van der Waals surface area contributed by atoms with Crippen LogP contribution in [-0.2, 0) is 19.6 Å². The molecule has 2 N–H and O–H groups in total. The predicted molar refractivity (Wildman–Crippen MR) is 111 cm³/mol. The second kappa shape index (κ2) is 10.7. The molecule has 1 saturated heterocycles. The van der Waals surface area contributed by atoms with Gasteiger partial charge in [-0.3, -0.25) is 14.6 Å². The summed E-state index contributed by atoms with van der Waals surface area (Å²) in [6.07, 6.45) is 8.88. The predicted octanol–water partition coefficient (Wildman–Crippen LogP) is 2.62. The van der Waals surface area contributed by atoms with Crippen LogP contribution in [0.5, 0.6) is 0 Å². The third-order valence-corrected chi connectivity index (χ3v) is 4.98. The molecule has 27 heavy (non-hydrogen) atoms. The van der Waals surface area contributed by atoms with E-state index in [1.54, 1.807) is 0 Å². The van der Waals surface area contributed by atoms with Crippen LogP contribution in [0.3, 0.4) is 0 Å². The van der Waals surface area contributed by atoms with Gasteiger partial charge in [-0.2, -0.15) is 5.10 Å². The largest absolute Gasteiger partial charge is 0.356 e. The summed E-state index contributed by atoms with van der Waals surface area (Å²) in [7, 11) is 1.81. The molecule has 1 aliphatic rings. The fourth-order valence-electron chi connectivity index (χ4n) is 3.43. The Labute approximate surface area is 162 Å². The number of guanidine groups is 1. The van der Waals surface area contributed by atoms with Gasteiger partial charge in [0.1, 0.15) is 0 Å². The zero-order chi connectivity index (χ0) is 18.7. The Morgan fingerprint density at radius 2 is 1.85 bits per heavy atom. The average molecular weight is 369 g/mol. The van der Waals surface area contributed by atoms with E-state index >= 15 is 0 Å². The summed E-state index contributed by atoms with van der Waals surface area (Å²) in [6.45, 7) is 6.12. The zero-order valence-corrected chi connectivity index (χ0v) is 16.4. The summed E-state index contributed by atoms with van der Waals surface area (Å²) >= 11 is 0. The lowest BCUT2D eigenvalue weighted by atomic mass is 10.1. The molecule has 3 rings (SSSR count). The van der Waals surface area contributed by atoms with E-state index in [1.807, 2.05) is 30.2 Å². The van der Waals surface area contributed by atoms with E-state index in [2.05, 4.69) is 49.9 Å². The smallest absolute Gasteiger partial charge is 0.191 e. The van der Waals surface area contributed by atoms with Crippen molar-refractivity contribution < 1.29 is 0 Å². The van der Waals surface area contributed by atoms with E-state index in [1.165, 1.54) is 43.5 Å². The molecule has 146 valence electrons. The summed E-state index contributed by atoms with van der Waals surface area (Å²) in [5, 5.41) is 11.0. The third kappa shape index (κ3) is 6.71. The van der Waals surface area contributed by atoms with Gasteiger partial charge in [0.25, 0.3) is 0 Å². The Bertz CT molecular complexity index is 671. The van der Waals surface area contributed by atoms with Crippen LogP contribution in [0.4, 0.5) is 0 Å². The van der Waals surface area contributed by atoms with Crippen LogP contribution in [-0.4, -0.2) is 47.3 Å². The molecule has 0 bridgehead atoms. The van der Waals surface area contributed by atoms with Crippen molar-refractivity contribution in [3.05, 3.63) is 53.9 Å². The van der Waals surface area contributed by atoms with Gasteiger partial charge in [-0.25, -0.2) is 0 Å². The normalized spacial score (nSPS) is 15.7. The van der Waals surface area contributed by atoms with Gasteiger partial charge in [0, 0.05) is 45.6 Å². The highest BCUT2D eigenvalue weighted by molar-refractivity contribution is 5.79. The summed E-state index contributed by atoms with van der Waals surface area (Å²) < 4.78 is 1.95. The minimum atomic E-state index is 0.781. The first-order valence-corrected chi connectivity index (χ1v) is 10.1. The van der Waals surface area contributed by atoms with Crippen LogP contribution in [0.15, 0.2) is 47.7 Å². The maximum Gasteiger partial charge on any atom is 0.191 e. The standard InChI is InChI=1S/C21H32N6/c1-22-21(23-11-5-15-27-16-6-12-25-27)24-17-19-7-9-20(10-8-19)18-26-13-3-2-4-14-26/h6-10,12,16H,2-5,11,13-15,17-18H2,1H3,(H2,22,23,24). The lowest BCUT2D eigenvalue weighted by Gasteiger charge is -2.26. The Kier molecular flexibility index (Phi) is 7.71. The van der Waals surface area contributed by atoms with Crippen LogP contribution in [0, 0.1) is 0 Å². The second-order valence-electron chi connectivity index (χ2n) is 7.13. The van der Waals surface area contributed by atoms with Gasteiger partial charge in [0.15, 0.2) is 5.96 Å². The van der Waals surface area contributed by atoms with Gasteiger partial charge in [0.05, 0.1) is 0 Å². The molecule has 2 aromatic rings. The monoisotopic (exact) mass is 368 g/mol. The molecule has 1 aromatic heterocycles. The Morgan fingerprint density at radius 3 is 2.56 bits per heavy atom. The second-order valence-corrected chi connectivity index (χ2v) is 7.13. The summed E-state index contributed by atoms with van der Waals surface area (Å²) in [5.41, 5.74) is 2.68. The van der Waals surface area contributed by atoms with Crippen molar-refractivity contribution in [2.45, 2.75) is 45.3 Å². The minimum Gasteiger partial charge on any atom is -0.356 e. The van der Waals surface area contributed by atoms with Gasteiger partial charge in [0.2, 0.25) is 0 Å². The molecule has 0 saturated carbocycles. The number of hydrogen-bond acceptors (Lipinski definition) is 3. The first-order valence-electron chi connectivity index (χ1n) is 10.1. The molecule has 1 aliphatic heterocycles. The summed E-state index contributed by atoms with van der Waals surface area (Å²) in [6, 6.07) is 10.9. The summed E-state index contributed by atoms with van der Waals surface area (Å²) in [4.78, 5) is 6.86. The van der Waals surface area contributed by atoms with Crippen molar-refractivity contribution in [2.75, 3.05) is 26.7 Å². The zero-order valence-electron chi connectivity index (χ0n) is 16.4. The van der Waals surface area contributed by atoms with Crippen molar-refractivity contribution in [1.29, 1.82) is 0 Å². The van der Waals surface area contributed by atoms with Crippen LogP contribution in [0.25, 0.3) is 0 Å². The van der Waals surface area contributed by atoms with Gasteiger partial charge in [-0.15, -0.1) is 0 Å². The molecule has 6 heteroatoms. The SMILES string of the molecule is CN=C(NCCCn1cccn1)NCc1ccc(CN2CCCCC2)cc1. The lowest BCUT2D eigenvalue weighted by molar-refractivity contribution is 0.221. The highest BCUT2D eigenvalue weighted by atomic mass is 15.3. The van der Waals surface area contributed by atoms with Crippen LogP contribution in [0.2, 0.25) is 0 Å². The number of nitrogens with zero attached hydrogens (tertiary/aromatic N) is 4. The Balaban J connectivity index is 1.36. The average Bonchev–Trinajstić information content (AvgIpc) is 3.23. The van der Waals surface area contributed by atoms with Crippen LogP contribution in [0.1, 0.15) is 36.8 Å². The number of piperidine rings is 1. The van der Waals surface area contributed by atoms with E-state index < -0.39 is 0 Å². The highest BCUT2D eigenvalue weighted by Crippen LogP contribution is 2.13. The third-order valence-electron chi connectivity index (χ3n) is 4.98. The number of hydrogen-bond donors (Lipinski definition) is 2. The molecule has 0 spiro atoms. The van der Waals surface area contributed by atoms with Gasteiger partial charge >= 0.3 is 0 Å². The molecule has 0 atom stereocenters. The number of nitrogens with one attached hydrogen (secondary N) is 2. The van der Waals surface area contributed by atoms with Crippen molar-refractivity contribution >= 4 is 5.96 Å². The van der Waals surface area contributed by atoms with E-state index in [0.717, 1.165) is 38.6 Å². The van der Waals surface area contributed by atoms with E-state index in [-0.39, 0.29) is 0 Å². The number of benzene rings is 1.